The summed E-state index contributed by atoms with van der Waals surface area (Å²) in [5, 5.41) is 9.55. The summed E-state index contributed by atoms with van der Waals surface area (Å²) >= 11 is 0. The Balaban J connectivity index is 2.66. The molecule has 0 unspecified atom stereocenters. The molecule has 0 aliphatic carbocycles. The maximum absolute atomic E-state index is 11.6. The van der Waals surface area contributed by atoms with Gasteiger partial charge in [0.05, 0.1) is 6.10 Å². The van der Waals surface area contributed by atoms with E-state index in [0.717, 1.165) is 0 Å². The van der Waals surface area contributed by atoms with Gasteiger partial charge in [-0.25, -0.2) is 0 Å². The van der Waals surface area contributed by atoms with Crippen molar-refractivity contribution in [2.75, 3.05) is 20.2 Å². The topological polar surface area (TPSA) is 49.8 Å². The van der Waals surface area contributed by atoms with E-state index < -0.39 is 6.10 Å². The van der Waals surface area contributed by atoms with E-state index in [0.29, 0.717) is 17.9 Å². The van der Waals surface area contributed by atoms with Crippen LogP contribution in [0.4, 0.5) is 0 Å². The number of aliphatic hydroxyl groups excluding tert-OH is 1. The summed E-state index contributed by atoms with van der Waals surface area (Å²) in [6.45, 7) is 4.22. The Labute approximate surface area is 102 Å². The molecule has 0 heterocycles. The Morgan fingerprint density at radius 3 is 2.71 bits per heavy atom. The fraction of sp³-hybridized carbons (Fsp3) is 0.462. The highest BCUT2D eigenvalue weighted by molar-refractivity contribution is 5.77. The van der Waals surface area contributed by atoms with Crippen LogP contribution < -0.4 is 4.74 Å². The zero-order valence-electron chi connectivity index (χ0n) is 10.5. The Morgan fingerprint density at radius 2 is 2.12 bits per heavy atom. The van der Waals surface area contributed by atoms with Crippen LogP contribution in [0.1, 0.15) is 25.5 Å². The van der Waals surface area contributed by atoms with Crippen molar-refractivity contribution in [3.63, 3.8) is 0 Å². The molecular formula is C13H19NO3. The normalized spacial score (nSPS) is 12.0. The van der Waals surface area contributed by atoms with Crippen molar-refractivity contribution in [3.8, 4) is 5.75 Å². The summed E-state index contributed by atoms with van der Waals surface area (Å²) in [5.41, 5.74) is 0.694. The van der Waals surface area contributed by atoms with E-state index in [1.165, 1.54) is 0 Å². The number of amides is 1. The van der Waals surface area contributed by atoms with Gasteiger partial charge in [-0.15, -0.1) is 0 Å². The van der Waals surface area contributed by atoms with Gasteiger partial charge >= 0.3 is 0 Å². The first-order valence-electron chi connectivity index (χ1n) is 5.70. The van der Waals surface area contributed by atoms with Crippen LogP contribution in [0.15, 0.2) is 24.3 Å². The van der Waals surface area contributed by atoms with Gasteiger partial charge in [0.1, 0.15) is 5.75 Å². The predicted molar refractivity (Wildman–Crippen MR) is 65.9 cm³/mol. The minimum Gasteiger partial charge on any atom is -0.483 e. The molecule has 0 saturated carbocycles. The molecule has 1 rings (SSSR count). The molecule has 17 heavy (non-hydrogen) atoms. The molecule has 0 spiro atoms. The summed E-state index contributed by atoms with van der Waals surface area (Å²) in [4.78, 5) is 13.2. The number of carbonyl (C=O) groups excluding carboxylic acids is 1. The maximum Gasteiger partial charge on any atom is 0.260 e. The summed E-state index contributed by atoms with van der Waals surface area (Å²) in [6.07, 6.45) is -0.606. The number of aliphatic hydroxyl groups is 1. The van der Waals surface area contributed by atoms with Crippen LogP contribution in [-0.2, 0) is 4.79 Å². The predicted octanol–water partition coefficient (Wildman–Crippen LogP) is 1.60. The average Bonchev–Trinajstić information content (AvgIpc) is 2.35. The van der Waals surface area contributed by atoms with E-state index in [1.54, 1.807) is 31.0 Å². The first-order chi connectivity index (χ1) is 8.06. The van der Waals surface area contributed by atoms with Gasteiger partial charge in [-0.1, -0.05) is 18.2 Å². The minimum absolute atomic E-state index is 0.00588. The van der Waals surface area contributed by atoms with Gasteiger partial charge in [0.25, 0.3) is 5.91 Å². The fourth-order valence-electron chi connectivity index (χ4n) is 1.38. The lowest BCUT2D eigenvalue weighted by Crippen LogP contribution is -2.31. The number of benzene rings is 1. The van der Waals surface area contributed by atoms with Gasteiger partial charge in [0.15, 0.2) is 6.61 Å². The monoisotopic (exact) mass is 237 g/mol. The van der Waals surface area contributed by atoms with E-state index in [9.17, 15) is 9.90 Å². The van der Waals surface area contributed by atoms with Gasteiger partial charge in [-0.3, -0.25) is 4.79 Å². The second kappa shape index (κ2) is 6.25. The maximum atomic E-state index is 11.6. The quantitative estimate of drug-likeness (QED) is 0.846. The van der Waals surface area contributed by atoms with E-state index >= 15 is 0 Å². The van der Waals surface area contributed by atoms with Crippen LogP contribution in [0.3, 0.4) is 0 Å². The van der Waals surface area contributed by atoms with Crippen LogP contribution in [-0.4, -0.2) is 36.1 Å². The number of hydrogen-bond acceptors (Lipinski definition) is 3. The van der Waals surface area contributed by atoms with Crippen LogP contribution >= 0.6 is 0 Å². The number of carbonyl (C=O) groups is 1. The number of ether oxygens (including phenoxy) is 1. The van der Waals surface area contributed by atoms with Gasteiger partial charge in [0.2, 0.25) is 0 Å². The zero-order valence-corrected chi connectivity index (χ0v) is 10.5. The smallest absolute Gasteiger partial charge is 0.260 e. The number of hydrogen-bond donors (Lipinski definition) is 1. The molecule has 0 aliphatic heterocycles. The van der Waals surface area contributed by atoms with E-state index in [2.05, 4.69) is 0 Å². The van der Waals surface area contributed by atoms with E-state index in [1.807, 2.05) is 19.1 Å². The third kappa shape index (κ3) is 3.75. The molecule has 0 radical (unpaired) electrons. The van der Waals surface area contributed by atoms with Crippen molar-refractivity contribution >= 4 is 5.91 Å². The molecule has 0 saturated heterocycles. The molecule has 4 nitrogen and oxygen atoms in total. The lowest BCUT2D eigenvalue weighted by Gasteiger charge is -2.17. The molecule has 0 bridgehead atoms. The summed E-state index contributed by atoms with van der Waals surface area (Å²) in [6, 6.07) is 7.18. The van der Waals surface area contributed by atoms with Gasteiger partial charge in [-0.05, 0) is 19.9 Å². The lowest BCUT2D eigenvalue weighted by atomic mass is 10.1. The fourth-order valence-corrected chi connectivity index (χ4v) is 1.38. The third-order valence-corrected chi connectivity index (χ3v) is 2.62. The Bertz CT molecular complexity index is 377. The Morgan fingerprint density at radius 1 is 1.47 bits per heavy atom. The van der Waals surface area contributed by atoms with Crippen LogP contribution in [0, 0.1) is 0 Å². The highest BCUT2D eigenvalue weighted by Gasteiger charge is 2.11. The SMILES string of the molecule is CCN(C)C(=O)COc1ccccc1[C@@H](C)O. The van der Waals surface area contributed by atoms with Crippen LogP contribution in [0.5, 0.6) is 5.75 Å². The van der Waals surface area contributed by atoms with Crippen molar-refractivity contribution in [2.45, 2.75) is 20.0 Å². The second-order valence-electron chi connectivity index (χ2n) is 3.91. The van der Waals surface area contributed by atoms with Crippen LogP contribution in [0.25, 0.3) is 0 Å². The highest BCUT2D eigenvalue weighted by atomic mass is 16.5. The van der Waals surface area contributed by atoms with Gasteiger partial charge in [-0.2, -0.15) is 0 Å². The summed E-state index contributed by atoms with van der Waals surface area (Å²) in [5.74, 6) is 0.480. The molecule has 0 aliphatic rings. The molecule has 1 aromatic carbocycles. The van der Waals surface area contributed by atoms with Gasteiger partial charge in [0, 0.05) is 19.2 Å². The number of nitrogens with zero attached hydrogens (tertiary/aromatic N) is 1. The third-order valence-electron chi connectivity index (χ3n) is 2.62. The first kappa shape index (κ1) is 13.5. The molecular weight excluding hydrogens is 218 g/mol. The zero-order chi connectivity index (χ0) is 12.8. The molecule has 4 heteroatoms. The number of likely N-dealkylation sites (N-methyl/N-ethyl adjacent to an activating group) is 1. The largest absolute Gasteiger partial charge is 0.483 e. The molecule has 1 atom stereocenters. The van der Waals surface area contributed by atoms with Gasteiger partial charge < -0.3 is 14.7 Å². The average molecular weight is 237 g/mol. The Hall–Kier alpha value is -1.55. The molecule has 94 valence electrons. The summed E-state index contributed by atoms with van der Waals surface area (Å²) in [7, 11) is 1.73. The number of rotatable bonds is 5. The standard InChI is InChI=1S/C13H19NO3/c1-4-14(3)13(16)9-17-12-8-6-5-7-11(12)10(2)15/h5-8,10,15H,4,9H2,1-3H3/t10-/m1/s1. The summed E-state index contributed by atoms with van der Waals surface area (Å²) < 4.78 is 5.43. The Kier molecular flexibility index (Phi) is 4.97. The molecule has 0 aromatic heterocycles. The second-order valence-corrected chi connectivity index (χ2v) is 3.91. The first-order valence-corrected chi connectivity index (χ1v) is 5.70. The van der Waals surface area contributed by atoms with Crippen molar-refractivity contribution in [2.24, 2.45) is 0 Å². The molecule has 0 fully saturated rings. The number of para-hydroxylation sites is 1. The van der Waals surface area contributed by atoms with Crippen molar-refractivity contribution < 1.29 is 14.6 Å². The van der Waals surface area contributed by atoms with E-state index in [4.69, 9.17) is 4.74 Å². The van der Waals surface area contributed by atoms with E-state index in [-0.39, 0.29) is 12.5 Å². The van der Waals surface area contributed by atoms with Crippen molar-refractivity contribution in [1.29, 1.82) is 0 Å². The minimum atomic E-state index is -0.606. The van der Waals surface area contributed by atoms with Crippen molar-refractivity contribution in [3.05, 3.63) is 29.8 Å². The van der Waals surface area contributed by atoms with Crippen LogP contribution in [0.2, 0.25) is 0 Å². The lowest BCUT2D eigenvalue weighted by molar-refractivity contribution is -0.131. The van der Waals surface area contributed by atoms with Crippen molar-refractivity contribution in [1.82, 2.24) is 4.90 Å². The highest BCUT2D eigenvalue weighted by Crippen LogP contribution is 2.24. The molecule has 1 aromatic rings. The molecule has 1 N–H and O–H groups in total. The molecule has 1 amide bonds.